The molecular weight excluding hydrogens is 506 g/mol. The summed E-state index contributed by atoms with van der Waals surface area (Å²) in [6.45, 7) is 7.34. The Labute approximate surface area is 225 Å². The molecule has 0 unspecified atom stereocenters. The molecule has 3 aromatic carbocycles. The number of nitrogens with zero attached hydrogens (tertiary/aromatic N) is 1. The predicted octanol–water partition coefficient (Wildman–Crippen LogP) is 5.56. The SMILES string of the molecule is Cc1ccc(C)c(NC(=O)c2ccc(NC3=C(Cl)C(=O)N(c4ccc(C(=O)OC(C)C)cc4)C3=O)cc2)c1. The van der Waals surface area contributed by atoms with E-state index in [4.69, 9.17) is 16.3 Å². The molecule has 0 aromatic heterocycles. The normalized spacial score (nSPS) is 13.3. The summed E-state index contributed by atoms with van der Waals surface area (Å²) in [5.41, 5.74) is 4.06. The molecule has 1 aliphatic rings. The number of imide groups is 1. The number of amides is 3. The first-order valence-electron chi connectivity index (χ1n) is 11.9. The highest BCUT2D eigenvalue weighted by Crippen LogP contribution is 2.30. The van der Waals surface area contributed by atoms with E-state index >= 15 is 0 Å². The van der Waals surface area contributed by atoms with Crippen molar-refractivity contribution in [1.29, 1.82) is 0 Å². The first-order chi connectivity index (χ1) is 18.0. The number of nitrogens with one attached hydrogen (secondary N) is 2. The Morgan fingerprint density at radius 2 is 1.50 bits per heavy atom. The van der Waals surface area contributed by atoms with E-state index in [0.717, 1.165) is 21.7 Å². The number of rotatable bonds is 7. The van der Waals surface area contributed by atoms with Crippen LogP contribution in [-0.2, 0) is 14.3 Å². The standard InChI is InChI=1S/C29H26ClN3O5/c1-16(2)38-29(37)20-9-13-22(14-10-20)33-27(35)24(30)25(28(33)36)31-21-11-7-19(8-12-21)26(34)32-23-15-17(3)5-6-18(23)4/h5-16,31H,1-4H3,(H,32,34). The summed E-state index contributed by atoms with van der Waals surface area (Å²) in [5, 5.41) is 5.52. The maximum Gasteiger partial charge on any atom is 0.338 e. The number of aryl methyl sites for hydroxylation is 2. The topological polar surface area (TPSA) is 105 Å². The summed E-state index contributed by atoms with van der Waals surface area (Å²) >= 11 is 6.22. The Bertz CT molecular complexity index is 1460. The molecule has 0 spiro atoms. The quantitative estimate of drug-likeness (QED) is 0.305. The van der Waals surface area contributed by atoms with Gasteiger partial charge < -0.3 is 15.4 Å². The average molecular weight is 532 g/mol. The Morgan fingerprint density at radius 3 is 2.13 bits per heavy atom. The maximum absolute atomic E-state index is 13.1. The van der Waals surface area contributed by atoms with Gasteiger partial charge in [-0.3, -0.25) is 14.4 Å². The van der Waals surface area contributed by atoms with Gasteiger partial charge in [-0.1, -0.05) is 23.7 Å². The van der Waals surface area contributed by atoms with Gasteiger partial charge >= 0.3 is 5.97 Å². The van der Waals surface area contributed by atoms with Crippen LogP contribution in [0.4, 0.5) is 17.1 Å². The fourth-order valence-corrected chi connectivity index (χ4v) is 4.00. The fourth-order valence-electron chi connectivity index (χ4n) is 3.79. The molecule has 0 aliphatic carbocycles. The third-order valence-electron chi connectivity index (χ3n) is 5.79. The highest BCUT2D eigenvalue weighted by Gasteiger charge is 2.39. The Balaban J connectivity index is 1.45. The number of anilines is 3. The van der Waals surface area contributed by atoms with Crippen LogP contribution in [0.2, 0.25) is 0 Å². The molecule has 9 heteroatoms. The van der Waals surface area contributed by atoms with Crippen LogP contribution < -0.4 is 15.5 Å². The van der Waals surface area contributed by atoms with E-state index in [0.29, 0.717) is 16.8 Å². The van der Waals surface area contributed by atoms with Crippen molar-refractivity contribution >= 4 is 52.4 Å². The van der Waals surface area contributed by atoms with Crippen molar-refractivity contribution in [2.75, 3.05) is 15.5 Å². The van der Waals surface area contributed by atoms with Crippen LogP contribution in [0.3, 0.4) is 0 Å². The van der Waals surface area contributed by atoms with Crippen LogP contribution in [0, 0.1) is 13.8 Å². The average Bonchev–Trinajstić information content (AvgIpc) is 3.09. The van der Waals surface area contributed by atoms with E-state index in [1.54, 1.807) is 38.1 Å². The summed E-state index contributed by atoms with van der Waals surface area (Å²) in [6.07, 6.45) is -0.277. The van der Waals surface area contributed by atoms with Gasteiger partial charge in [-0.15, -0.1) is 0 Å². The van der Waals surface area contributed by atoms with Crippen molar-refractivity contribution < 1.29 is 23.9 Å². The van der Waals surface area contributed by atoms with Crippen LogP contribution in [0.15, 0.2) is 77.5 Å². The van der Waals surface area contributed by atoms with Crippen LogP contribution in [0.25, 0.3) is 0 Å². The second-order valence-corrected chi connectivity index (χ2v) is 9.49. The third-order valence-corrected chi connectivity index (χ3v) is 6.14. The number of hydrogen-bond donors (Lipinski definition) is 2. The fraction of sp³-hybridized carbons (Fsp3) is 0.172. The maximum atomic E-state index is 13.1. The minimum absolute atomic E-state index is 0.0902. The molecule has 0 radical (unpaired) electrons. The molecule has 0 bridgehead atoms. The number of esters is 1. The lowest BCUT2D eigenvalue weighted by Gasteiger charge is -2.16. The van der Waals surface area contributed by atoms with E-state index in [1.165, 1.54) is 24.3 Å². The lowest BCUT2D eigenvalue weighted by Crippen LogP contribution is -2.32. The number of hydrogen-bond acceptors (Lipinski definition) is 6. The smallest absolute Gasteiger partial charge is 0.338 e. The molecule has 0 saturated heterocycles. The molecule has 1 heterocycles. The molecule has 1 aliphatic heterocycles. The summed E-state index contributed by atoms with van der Waals surface area (Å²) in [4.78, 5) is 51.6. The number of benzene rings is 3. The third kappa shape index (κ3) is 5.60. The van der Waals surface area contributed by atoms with Crippen molar-refractivity contribution in [2.24, 2.45) is 0 Å². The van der Waals surface area contributed by atoms with Gasteiger partial charge in [0.25, 0.3) is 17.7 Å². The zero-order valence-corrected chi connectivity index (χ0v) is 22.1. The molecule has 4 rings (SSSR count). The van der Waals surface area contributed by atoms with E-state index in [9.17, 15) is 19.2 Å². The lowest BCUT2D eigenvalue weighted by atomic mass is 10.1. The van der Waals surface area contributed by atoms with Gasteiger partial charge in [0.1, 0.15) is 10.7 Å². The zero-order chi connectivity index (χ0) is 27.6. The van der Waals surface area contributed by atoms with Crippen molar-refractivity contribution in [1.82, 2.24) is 0 Å². The zero-order valence-electron chi connectivity index (χ0n) is 21.3. The summed E-state index contributed by atoms with van der Waals surface area (Å²) in [7, 11) is 0. The Hall–Kier alpha value is -4.43. The van der Waals surface area contributed by atoms with Crippen LogP contribution in [-0.4, -0.2) is 29.8 Å². The van der Waals surface area contributed by atoms with Crippen molar-refractivity contribution in [2.45, 2.75) is 33.8 Å². The molecule has 3 aromatic rings. The van der Waals surface area contributed by atoms with Gasteiger partial charge in [0, 0.05) is 16.9 Å². The van der Waals surface area contributed by atoms with Gasteiger partial charge in [-0.2, -0.15) is 0 Å². The van der Waals surface area contributed by atoms with Gasteiger partial charge in [-0.25, -0.2) is 9.69 Å². The van der Waals surface area contributed by atoms with E-state index < -0.39 is 17.8 Å². The second kappa shape index (κ2) is 10.9. The first-order valence-corrected chi connectivity index (χ1v) is 12.3. The minimum Gasteiger partial charge on any atom is -0.459 e. The number of ether oxygens (including phenoxy) is 1. The molecule has 2 N–H and O–H groups in total. The molecule has 0 atom stereocenters. The lowest BCUT2D eigenvalue weighted by molar-refractivity contribution is -0.120. The van der Waals surface area contributed by atoms with Crippen LogP contribution >= 0.6 is 11.6 Å². The van der Waals surface area contributed by atoms with Crippen molar-refractivity contribution in [3.63, 3.8) is 0 Å². The monoisotopic (exact) mass is 531 g/mol. The van der Waals surface area contributed by atoms with Crippen molar-refractivity contribution in [3.05, 3.63) is 99.7 Å². The van der Waals surface area contributed by atoms with E-state index in [2.05, 4.69) is 10.6 Å². The molecule has 0 fully saturated rings. The van der Waals surface area contributed by atoms with Crippen LogP contribution in [0.1, 0.15) is 45.7 Å². The summed E-state index contributed by atoms with van der Waals surface area (Å²) in [5.74, 6) is -2.12. The van der Waals surface area contributed by atoms with E-state index in [-0.39, 0.29) is 28.4 Å². The van der Waals surface area contributed by atoms with E-state index in [1.807, 2.05) is 32.0 Å². The highest BCUT2D eigenvalue weighted by molar-refractivity contribution is 6.53. The summed E-state index contributed by atoms with van der Waals surface area (Å²) < 4.78 is 5.16. The minimum atomic E-state index is -0.693. The van der Waals surface area contributed by atoms with Crippen LogP contribution in [0.5, 0.6) is 0 Å². The number of halogens is 1. The molecule has 38 heavy (non-hydrogen) atoms. The first kappa shape index (κ1) is 26.6. The molecule has 3 amide bonds. The Kier molecular flexibility index (Phi) is 7.64. The van der Waals surface area contributed by atoms with Gasteiger partial charge in [-0.05, 0) is 93.4 Å². The molecule has 0 saturated carbocycles. The largest absolute Gasteiger partial charge is 0.459 e. The predicted molar refractivity (Wildman–Crippen MR) is 146 cm³/mol. The number of carbonyl (C=O) groups excluding carboxylic acids is 4. The van der Waals surface area contributed by atoms with Gasteiger partial charge in [0.2, 0.25) is 0 Å². The molecular formula is C29H26ClN3O5. The van der Waals surface area contributed by atoms with Gasteiger partial charge in [0.05, 0.1) is 17.4 Å². The Morgan fingerprint density at radius 1 is 0.868 bits per heavy atom. The van der Waals surface area contributed by atoms with Gasteiger partial charge in [0.15, 0.2) is 0 Å². The molecule has 194 valence electrons. The van der Waals surface area contributed by atoms with Crippen molar-refractivity contribution in [3.8, 4) is 0 Å². The summed E-state index contributed by atoms with van der Waals surface area (Å²) in [6, 6.07) is 18.1. The second-order valence-electron chi connectivity index (χ2n) is 9.11. The molecule has 8 nitrogen and oxygen atoms in total. The highest BCUT2D eigenvalue weighted by atomic mass is 35.5. The number of carbonyl (C=O) groups is 4.